The summed E-state index contributed by atoms with van der Waals surface area (Å²) in [7, 11) is 0. The van der Waals surface area contributed by atoms with Crippen LogP contribution in [-0.2, 0) is 9.59 Å². The van der Waals surface area contributed by atoms with Gasteiger partial charge in [0.15, 0.2) is 0 Å². The normalized spacial score (nSPS) is 11.6. The third-order valence-corrected chi connectivity index (χ3v) is 2.64. The summed E-state index contributed by atoms with van der Waals surface area (Å²) in [5, 5.41) is 19.8. The highest BCUT2D eigenvalue weighted by atomic mass is 16.4. The molecule has 0 aromatic heterocycles. The van der Waals surface area contributed by atoms with E-state index in [0.29, 0.717) is 5.56 Å². The molecule has 0 saturated carbocycles. The van der Waals surface area contributed by atoms with E-state index in [9.17, 15) is 14.4 Å². The molecule has 1 atom stereocenters. The van der Waals surface area contributed by atoms with Gasteiger partial charge in [0.25, 0.3) is 5.91 Å². The summed E-state index contributed by atoms with van der Waals surface area (Å²) < 4.78 is 0. The zero-order valence-electron chi connectivity index (χ0n) is 10.4. The maximum atomic E-state index is 11.9. The fourth-order valence-electron chi connectivity index (χ4n) is 1.59. The van der Waals surface area contributed by atoms with Crippen LogP contribution >= 0.6 is 0 Å². The number of hydrogen-bond donors (Lipinski definition) is 3. The number of aryl methyl sites for hydroxylation is 1. The molecule has 0 heterocycles. The standard InChI is InChI=1S/C13H15NO5/c1-8-4-2-3-5-9(8)12(17)14-10(13(18)19)6-7-11(15)16/h2-5,10H,6-7H2,1H3,(H,14,17)(H,15,16)(H,18,19)/t10-/m0/s1. The Labute approximate surface area is 110 Å². The summed E-state index contributed by atoms with van der Waals surface area (Å²) in [5.41, 5.74) is 1.10. The van der Waals surface area contributed by atoms with Crippen LogP contribution in [0.15, 0.2) is 24.3 Å². The maximum absolute atomic E-state index is 11.9. The predicted octanol–water partition coefficient (Wildman–Crippen LogP) is 1.04. The van der Waals surface area contributed by atoms with Crippen molar-refractivity contribution in [3.8, 4) is 0 Å². The van der Waals surface area contributed by atoms with Crippen molar-refractivity contribution in [2.24, 2.45) is 0 Å². The molecule has 19 heavy (non-hydrogen) atoms. The first-order chi connectivity index (χ1) is 8.91. The van der Waals surface area contributed by atoms with Gasteiger partial charge in [0.2, 0.25) is 0 Å². The summed E-state index contributed by atoms with van der Waals surface area (Å²) in [5.74, 6) is -2.87. The molecule has 0 unspecified atom stereocenters. The van der Waals surface area contributed by atoms with Crippen LogP contribution in [-0.4, -0.2) is 34.1 Å². The van der Waals surface area contributed by atoms with E-state index in [4.69, 9.17) is 10.2 Å². The monoisotopic (exact) mass is 265 g/mol. The van der Waals surface area contributed by atoms with Crippen molar-refractivity contribution in [2.45, 2.75) is 25.8 Å². The number of carbonyl (C=O) groups excluding carboxylic acids is 1. The molecule has 1 aromatic rings. The Morgan fingerprint density at radius 1 is 1.21 bits per heavy atom. The number of benzene rings is 1. The summed E-state index contributed by atoms with van der Waals surface area (Å²) in [4.78, 5) is 33.3. The smallest absolute Gasteiger partial charge is 0.326 e. The Hall–Kier alpha value is -2.37. The fourth-order valence-corrected chi connectivity index (χ4v) is 1.59. The number of carboxylic acid groups (broad SMARTS) is 2. The summed E-state index contributed by atoms with van der Waals surface area (Å²) in [6, 6.07) is 5.56. The maximum Gasteiger partial charge on any atom is 0.326 e. The molecule has 102 valence electrons. The van der Waals surface area contributed by atoms with E-state index in [1.807, 2.05) is 0 Å². The SMILES string of the molecule is Cc1ccccc1C(=O)N[C@@H](CCC(=O)O)C(=O)O. The highest BCUT2D eigenvalue weighted by molar-refractivity contribution is 5.97. The third kappa shape index (κ3) is 4.42. The van der Waals surface area contributed by atoms with E-state index < -0.39 is 23.9 Å². The Balaban J connectivity index is 2.74. The van der Waals surface area contributed by atoms with Crippen LogP contribution in [0.3, 0.4) is 0 Å². The van der Waals surface area contributed by atoms with Crippen LogP contribution in [0.2, 0.25) is 0 Å². The molecule has 6 nitrogen and oxygen atoms in total. The number of carbonyl (C=O) groups is 3. The highest BCUT2D eigenvalue weighted by Gasteiger charge is 2.22. The van der Waals surface area contributed by atoms with E-state index in [0.717, 1.165) is 5.56 Å². The minimum absolute atomic E-state index is 0.151. The van der Waals surface area contributed by atoms with Gasteiger partial charge in [0, 0.05) is 12.0 Å². The van der Waals surface area contributed by atoms with Crippen molar-refractivity contribution >= 4 is 17.8 Å². The second-order valence-electron chi connectivity index (χ2n) is 4.11. The largest absolute Gasteiger partial charge is 0.481 e. The molecule has 1 amide bonds. The molecule has 6 heteroatoms. The fraction of sp³-hybridized carbons (Fsp3) is 0.308. The lowest BCUT2D eigenvalue weighted by molar-refractivity contribution is -0.140. The van der Waals surface area contributed by atoms with Crippen molar-refractivity contribution in [2.75, 3.05) is 0 Å². The Kier molecular flexibility index (Phi) is 5.05. The van der Waals surface area contributed by atoms with Crippen molar-refractivity contribution in [1.29, 1.82) is 0 Å². The molecule has 3 N–H and O–H groups in total. The Morgan fingerprint density at radius 3 is 2.37 bits per heavy atom. The molecule has 0 aliphatic rings. The van der Waals surface area contributed by atoms with Gasteiger partial charge in [-0.15, -0.1) is 0 Å². The third-order valence-electron chi connectivity index (χ3n) is 2.64. The van der Waals surface area contributed by atoms with Crippen molar-refractivity contribution in [3.05, 3.63) is 35.4 Å². The van der Waals surface area contributed by atoms with Gasteiger partial charge < -0.3 is 15.5 Å². The van der Waals surface area contributed by atoms with E-state index >= 15 is 0 Å². The molecule has 0 radical (unpaired) electrons. The number of rotatable bonds is 6. The Morgan fingerprint density at radius 2 is 1.84 bits per heavy atom. The van der Waals surface area contributed by atoms with Gasteiger partial charge in [-0.05, 0) is 25.0 Å². The van der Waals surface area contributed by atoms with Crippen molar-refractivity contribution in [3.63, 3.8) is 0 Å². The lowest BCUT2D eigenvalue weighted by Crippen LogP contribution is -2.41. The zero-order valence-corrected chi connectivity index (χ0v) is 10.4. The van der Waals surface area contributed by atoms with Gasteiger partial charge in [-0.3, -0.25) is 9.59 Å². The topological polar surface area (TPSA) is 104 Å². The van der Waals surface area contributed by atoms with Crippen molar-refractivity contribution < 1.29 is 24.6 Å². The molecule has 0 aliphatic heterocycles. The quantitative estimate of drug-likeness (QED) is 0.713. The van der Waals surface area contributed by atoms with Crippen LogP contribution in [0, 0.1) is 6.92 Å². The van der Waals surface area contributed by atoms with Crippen molar-refractivity contribution in [1.82, 2.24) is 5.32 Å². The van der Waals surface area contributed by atoms with Gasteiger partial charge >= 0.3 is 11.9 Å². The summed E-state index contributed by atoms with van der Waals surface area (Å²) in [6.07, 6.45) is -0.465. The van der Waals surface area contributed by atoms with Gasteiger partial charge in [0.1, 0.15) is 6.04 Å². The highest BCUT2D eigenvalue weighted by Crippen LogP contribution is 2.08. The van der Waals surface area contributed by atoms with E-state index in [1.165, 1.54) is 0 Å². The molecule has 1 aromatic carbocycles. The van der Waals surface area contributed by atoms with Crippen LogP contribution in [0.4, 0.5) is 0 Å². The van der Waals surface area contributed by atoms with E-state index in [2.05, 4.69) is 5.32 Å². The van der Waals surface area contributed by atoms with Crippen LogP contribution in [0.25, 0.3) is 0 Å². The molecule has 0 fully saturated rings. The number of amides is 1. The van der Waals surface area contributed by atoms with Crippen LogP contribution in [0.5, 0.6) is 0 Å². The lowest BCUT2D eigenvalue weighted by atomic mass is 10.1. The minimum Gasteiger partial charge on any atom is -0.481 e. The molecular formula is C13H15NO5. The average molecular weight is 265 g/mol. The summed E-state index contributed by atoms with van der Waals surface area (Å²) >= 11 is 0. The number of hydrogen-bond acceptors (Lipinski definition) is 3. The molecule has 0 saturated heterocycles. The second-order valence-corrected chi connectivity index (χ2v) is 4.11. The lowest BCUT2D eigenvalue weighted by Gasteiger charge is -2.14. The van der Waals surface area contributed by atoms with Gasteiger partial charge in [-0.2, -0.15) is 0 Å². The number of aliphatic carboxylic acids is 2. The summed E-state index contributed by atoms with van der Waals surface area (Å²) in [6.45, 7) is 1.74. The first-order valence-corrected chi connectivity index (χ1v) is 5.73. The molecule has 0 bridgehead atoms. The molecule has 1 rings (SSSR count). The first kappa shape index (κ1) is 14.7. The molecular weight excluding hydrogens is 250 g/mol. The molecule has 0 aliphatic carbocycles. The van der Waals surface area contributed by atoms with E-state index in [1.54, 1.807) is 31.2 Å². The second kappa shape index (κ2) is 6.53. The van der Waals surface area contributed by atoms with Gasteiger partial charge in [-0.1, -0.05) is 18.2 Å². The van der Waals surface area contributed by atoms with Gasteiger partial charge in [0.05, 0.1) is 0 Å². The first-order valence-electron chi connectivity index (χ1n) is 5.73. The number of carboxylic acids is 2. The van der Waals surface area contributed by atoms with Crippen LogP contribution in [0.1, 0.15) is 28.8 Å². The average Bonchev–Trinajstić information content (AvgIpc) is 2.34. The van der Waals surface area contributed by atoms with E-state index in [-0.39, 0.29) is 12.8 Å². The Bertz CT molecular complexity index is 498. The minimum atomic E-state index is -1.25. The zero-order chi connectivity index (χ0) is 14.4. The predicted molar refractivity (Wildman–Crippen MR) is 66.9 cm³/mol. The van der Waals surface area contributed by atoms with Crippen LogP contribution < -0.4 is 5.32 Å². The van der Waals surface area contributed by atoms with Gasteiger partial charge in [-0.25, -0.2) is 4.79 Å². The number of nitrogens with one attached hydrogen (secondary N) is 1. The molecule has 0 spiro atoms.